The molecule has 57 valence electrons. The van der Waals surface area contributed by atoms with Crippen LogP contribution in [0.2, 0.25) is 0 Å². The van der Waals surface area contributed by atoms with Gasteiger partial charge in [0, 0.05) is 5.92 Å². The van der Waals surface area contributed by atoms with E-state index in [2.05, 4.69) is 0 Å². The molecule has 1 amide bonds. The number of rotatable bonds is 1. The first-order valence-corrected chi connectivity index (χ1v) is 4.06. The molecule has 0 heterocycles. The molecule has 10 heavy (non-hydrogen) atoms. The predicted molar refractivity (Wildman–Crippen MR) is 39.3 cm³/mol. The zero-order chi connectivity index (χ0) is 7.40. The number of hydrogen-bond donors (Lipinski definition) is 0. The standard InChI is InChI=1S/C8H14NO/c9-8(10)7-5-3-1-2-4-6-7/h7,9H,1-6H2. The quantitative estimate of drug-likeness (QED) is 0.512. The molecule has 1 fully saturated rings. The maximum absolute atomic E-state index is 10.6. The Kier molecular flexibility index (Phi) is 2.72. The zero-order valence-corrected chi connectivity index (χ0v) is 6.23. The van der Waals surface area contributed by atoms with Crippen LogP contribution in [0.5, 0.6) is 0 Å². The molecule has 0 bridgehead atoms. The van der Waals surface area contributed by atoms with Gasteiger partial charge >= 0.3 is 0 Å². The number of carbonyl (C=O) groups excluding carboxylic acids is 1. The van der Waals surface area contributed by atoms with Crippen LogP contribution in [0.25, 0.3) is 0 Å². The summed E-state index contributed by atoms with van der Waals surface area (Å²) in [6.07, 6.45) is 6.72. The highest BCUT2D eigenvalue weighted by molar-refractivity contribution is 5.75. The summed E-state index contributed by atoms with van der Waals surface area (Å²) in [5.74, 6) is -0.274. The summed E-state index contributed by atoms with van der Waals surface area (Å²) in [5, 5.41) is 0. The van der Waals surface area contributed by atoms with Crippen molar-refractivity contribution in [1.82, 2.24) is 5.73 Å². The molecule has 0 aliphatic heterocycles. The maximum Gasteiger partial charge on any atom is 0.241 e. The predicted octanol–water partition coefficient (Wildman–Crippen LogP) is 1.77. The highest BCUT2D eigenvalue weighted by atomic mass is 16.1. The molecule has 0 unspecified atom stereocenters. The average molecular weight is 140 g/mol. The molecule has 1 saturated carbocycles. The third-order valence-corrected chi connectivity index (χ3v) is 2.23. The molecule has 0 spiro atoms. The summed E-state index contributed by atoms with van der Waals surface area (Å²) in [6, 6.07) is 0. The van der Waals surface area contributed by atoms with Crippen LogP contribution in [-0.4, -0.2) is 5.91 Å². The summed E-state index contributed by atoms with van der Waals surface area (Å²) < 4.78 is 0. The van der Waals surface area contributed by atoms with Crippen molar-refractivity contribution >= 4 is 5.91 Å². The second-order valence-corrected chi connectivity index (χ2v) is 3.05. The first-order valence-electron chi connectivity index (χ1n) is 4.06. The highest BCUT2D eigenvalue weighted by Crippen LogP contribution is 2.22. The number of nitrogens with one attached hydrogen (secondary N) is 1. The molecule has 2 nitrogen and oxygen atoms in total. The van der Waals surface area contributed by atoms with Gasteiger partial charge in [0.1, 0.15) is 0 Å². The van der Waals surface area contributed by atoms with Crippen molar-refractivity contribution in [2.24, 2.45) is 5.92 Å². The SMILES string of the molecule is [NH]C(=O)C1CCCCCC1. The van der Waals surface area contributed by atoms with Crippen molar-refractivity contribution in [3.05, 3.63) is 0 Å². The fourth-order valence-electron chi connectivity index (χ4n) is 1.54. The smallest absolute Gasteiger partial charge is 0.241 e. The molecule has 2 heteroatoms. The van der Waals surface area contributed by atoms with Gasteiger partial charge in [-0.05, 0) is 12.8 Å². The molecule has 1 aliphatic rings. The average Bonchev–Trinajstić information content (AvgIpc) is 2.12. The van der Waals surface area contributed by atoms with E-state index < -0.39 is 0 Å². The Morgan fingerprint density at radius 3 is 2.00 bits per heavy atom. The normalized spacial score (nSPS) is 22.0. The first-order chi connectivity index (χ1) is 4.80. The van der Waals surface area contributed by atoms with Crippen LogP contribution in [0.3, 0.4) is 0 Å². The van der Waals surface area contributed by atoms with Gasteiger partial charge in [0.15, 0.2) is 0 Å². The Bertz CT molecular complexity index is 114. The molecule has 1 N–H and O–H groups in total. The third kappa shape index (κ3) is 2.01. The Hall–Kier alpha value is -0.530. The van der Waals surface area contributed by atoms with Gasteiger partial charge in [0.2, 0.25) is 5.91 Å². The lowest BCUT2D eigenvalue weighted by Crippen LogP contribution is -2.13. The fourth-order valence-corrected chi connectivity index (χ4v) is 1.54. The monoisotopic (exact) mass is 140 g/mol. The minimum Gasteiger partial charge on any atom is -0.273 e. The minimum absolute atomic E-state index is 0.0718. The summed E-state index contributed by atoms with van der Waals surface area (Å²) in [4.78, 5) is 10.6. The molecule has 0 saturated heterocycles. The van der Waals surface area contributed by atoms with Crippen molar-refractivity contribution in [2.45, 2.75) is 38.5 Å². The van der Waals surface area contributed by atoms with Gasteiger partial charge in [-0.15, -0.1) is 0 Å². The van der Waals surface area contributed by atoms with E-state index in [9.17, 15) is 4.79 Å². The molecular formula is C8H14NO. The van der Waals surface area contributed by atoms with Gasteiger partial charge < -0.3 is 0 Å². The molecule has 1 radical (unpaired) electrons. The molecule has 1 rings (SSSR count). The Balaban J connectivity index is 2.35. The molecule has 0 aromatic heterocycles. The van der Waals surface area contributed by atoms with Crippen molar-refractivity contribution in [3.63, 3.8) is 0 Å². The van der Waals surface area contributed by atoms with Crippen molar-refractivity contribution in [1.29, 1.82) is 0 Å². The Labute approximate surface area is 61.8 Å². The van der Waals surface area contributed by atoms with Crippen molar-refractivity contribution in [2.75, 3.05) is 0 Å². The van der Waals surface area contributed by atoms with Crippen LogP contribution in [-0.2, 0) is 4.79 Å². The molecule has 0 aromatic carbocycles. The second-order valence-electron chi connectivity index (χ2n) is 3.05. The van der Waals surface area contributed by atoms with Gasteiger partial charge in [-0.25, -0.2) is 0 Å². The fraction of sp³-hybridized carbons (Fsp3) is 0.875. The molecular weight excluding hydrogens is 126 g/mol. The van der Waals surface area contributed by atoms with Crippen LogP contribution in [0, 0.1) is 5.92 Å². The third-order valence-electron chi connectivity index (χ3n) is 2.23. The first kappa shape index (κ1) is 7.58. The van der Waals surface area contributed by atoms with E-state index in [1.54, 1.807) is 0 Å². The van der Waals surface area contributed by atoms with Crippen molar-refractivity contribution < 1.29 is 4.79 Å². The molecule has 1 aliphatic carbocycles. The van der Waals surface area contributed by atoms with Crippen LogP contribution in [0.4, 0.5) is 0 Å². The van der Waals surface area contributed by atoms with E-state index in [0.717, 1.165) is 25.7 Å². The van der Waals surface area contributed by atoms with Crippen molar-refractivity contribution in [3.8, 4) is 0 Å². The summed E-state index contributed by atoms with van der Waals surface area (Å²) in [5.41, 5.74) is 6.93. The number of amides is 1. The lowest BCUT2D eigenvalue weighted by Gasteiger charge is -2.06. The van der Waals surface area contributed by atoms with E-state index in [-0.39, 0.29) is 11.8 Å². The Morgan fingerprint density at radius 1 is 1.10 bits per heavy atom. The van der Waals surface area contributed by atoms with Crippen LogP contribution in [0.1, 0.15) is 38.5 Å². The van der Waals surface area contributed by atoms with Crippen LogP contribution >= 0.6 is 0 Å². The maximum atomic E-state index is 10.6. The summed E-state index contributed by atoms with van der Waals surface area (Å²) in [6.45, 7) is 0. The molecule has 0 atom stereocenters. The van der Waals surface area contributed by atoms with E-state index in [0.29, 0.717) is 0 Å². The van der Waals surface area contributed by atoms with Gasteiger partial charge in [-0.1, -0.05) is 25.7 Å². The van der Waals surface area contributed by atoms with Gasteiger partial charge in [-0.3, -0.25) is 10.5 Å². The van der Waals surface area contributed by atoms with E-state index in [1.165, 1.54) is 12.8 Å². The lowest BCUT2D eigenvalue weighted by molar-refractivity contribution is -0.122. The molecule has 0 aromatic rings. The van der Waals surface area contributed by atoms with E-state index in [4.69, 9.17) is 5.73 Å². The summed E-state index contributed by atoms with van der Waals surface area (Å²) in [7, 11) is 0. The Morgan fingerprint density at radius 2 is 1.60 bits per heavy atom. The lowest BCUT2D eigenvalue weighted by atomic mass is 10.0. The van der Waals surface area contributed by atoms with E-state index >= 15 is 0 Å². The van der Waals surface area contributed by atoms with Crippen LogP contribution < -0.4 is 5.73 Å². The van der Waals surface area contributed by atoms with E-state index in [1.807, 2.05) is 0 Å². The van der Waals surface area contributed by atoms with Gasteiger partial charge in [-0.2, -0.15) is 0 Å². The topological polar surface area (TPSA) is 40.9 Å². The number of carbonyl (C=O) groups is 1. The largest absolute Gasteiger partial charge is 0.273 e. The van der Waals surface area contributed by atoms with Gasteiger partial charge in [0.05, 0.1) is 0 Å². The van der Waals surface area contributed by atoms with Crippen LogP contribution in [0.15, 0.2) is 0 Å². The van der Waals surface area contributed by atoms with Gasteiger partial charge in [0.25, 0.3) is 0 Å². The highest BCUT2D eigenvalue weighted by Gasteiger charge is 2.16. The second kappa shape index (κ2) is 3.59. The summed E-state index contributed by atoms with van der Waals surface area (Å²) >= 11 is 0. The zero-order valence-electron chi connectivity index (χ0n) is 6.23. The minimum atomic E-state index is -0.345. The number of hydrogen-bond acceptors (Lipinski definition) is 1.